The van der Waals surface area contributed by atoms with Crippen LogP contribution < -0.4 is 9.47 Å². The monoisotopic (exact) mass is 488 g/mol. The molecule has 2 aromatic rings. The number of nitrogens with zero attached hydrogens (tertiary/aromatic N) is 2. The van der Waals surface area contributed by atoms with Crippen LogP contribution in [0.5, 0.6) is 11.5 Å². The first-order valence-electron chi connectivity index (χ1n) is 11.9. The van der Waals surface area contributed by atoms with Gasteiger partial charge in [-0.25, -0.2) is 0 Å². The van der Waals surface area contributed by atoms with Crippen LogP contribution in [0.15, 0.2) is 48.5 Å². The molecule has 2 aromatic carbocycles. The normalized spacial score (nSPS) is 14.6. The average molecular weight is 489 g/mol. The van der Waals surface area contributed by atoms with Gasteiger partial charge in [-0.3, -0.25) is 9.69 Å². The lowest BCUT2D eigenvalue weighted by Gasteiger charge is -2.32. The summed E-state index contributed by atoms with van der Waals surface area (Å²) in [6.07, 6.45) is 0.902. The largest absolute Gasteiger partial charge is 0.493 e. The molecule has 0 bridgehead atoms. The number of alkyl halides is 1. The first-order chi connectivity index (χ1) is 16.4. The van der Waals surface area contributed by atoms with Crippen LogP contribution in [0, 0.1) is 5.41 Å². The number of carbonyl (C=O) groups excluding carboxylic acids is 1. The molecule has 3 rings (SSSR count). The van der Waals surface area contributed by atoms with Crippen molar-refractivity contribution in [2.24, 2.45) is 5.41 Å². The number of morpholine rings is 1. The Labute approximate surface area is 208 Å². The van der Waals surface area contributed by atoms with Gasteiger partial charge in [-0.2, -0.15) is 0 Å². The van der Waals surface area contributed by atoms with Gasteiger partial charge >= 0.3 is 0 Å². The molecule has 0 saturated carbocycles. The molecule has 186 valence electrons. The number of halogens is 1. The molecule has 1 fully saturated rings. The third-order valence-electron chi connectivity index (χ3n) is 6.04. The number of methoxy groups -OCH3 is 1. The van der Waals surface area contributed by atoms with E-state index < -0.39 is 5.41 Å². The van der Waals surface area contributed by atoms with Gasteiger partial charge in [-0.05, 0) is 43.5 Å². The van der Waals surface area contributed by atoms with Crippen molar-refractivity contribution in [3.05, 3.63) is 59.7 Å². The predicted octanol–water partition coefficient (Wildman–Crippen LogP) is 4.59. The molecule has 7 heteroatoms. The summed E-state index contributed by atoms with van der Waals surface area (Å²) in [4.78, 5) is 17.6. The fourth-order valence-corrected chi connectivity index (χ4v) is 4.05. The van der Waals surface area contributed by atoms with E-state index >= 15 is 0 Å². The highest BCUT2D eigenvalue weighted by Gasteiger charge is 2.31. The number of benzene rings is 2. The molecule has 1 amide bonds. The molecular formula is C27H37ClN2O4. The van der Waals surface area contributed by atoms with Crippen molar-refractivity contribution in [3.63, 3.8) is 0 Å². The Morgan fingerprint density at radius 2 is 1.82 bits per heavy atom. The van der Waals surface area contributed by atoms with Crippen LogP contribution >= 0.6 is 11.6 Å². The maximum absolute atomic E-state index is 13.3. The van der Waals surface area contributed by atoms with E-state index in [9.17, 15) is 4.79 Å². The van der Waals surface area contributed by atoms with Gasteiger partial charge in [-0.15, -0.1) is 11.6 Å². The van der Waals surface area contributed by atoms with E-state index in [1.807, 2.05) is 67.3 Å². The summed E-state index contributed by atoms with van der Waals surface area (Å²) in [5.74, 6) is 1.68. The first kappa shape index (κ1) is 26.3. The Kier molecular flexibility index (Phi) is 10.1. The van der Waals surface area contributed by atoms with Gasteiger partial charge in [0.2, 0.25) is 5.91 Å². The zero-order valence-corrected chi connectivity index (χ0v) is 21.4. The first-order valence-corrected chi connectivity index (χ1v) is 12.5. The van der Waals surface area contributed by atoms with Crippen molar-refractivity contribution in [1.82, 2.24) is 9.80 Å². The second-order valence-electron chi connectivity index (χ2n) is 9.31. The van der Waals surface area contributed by atoms with Gasteiger partial charge in [0, 0.05) is 38.6 Å². The second-order valence-corrected chi connectivity index (χ2v) is 9.58. The fraction of sp³-hybridized carbons (Fsp3) is 0.519. The van der Waals surface area contributed by atoms with E-state index in [0.29, 0.717) is 31.2 Å². The highest BCUT2D eigenvalue weighted by atomic mass is 35.5. The van der Waals surface area contributed by atoms with Crippen molar-refractivity contribution in [2.45, 2.75) is 33.4 Å². The molecule has 0 aliphatic carbocycles. The Morgan fingerprint density at radius 3 is 2.50 bits per heavy atom. The van der Waals surface area contributed by atoms with Crippen molar-refractivity contribution in [2.75, 3.05) is 52.4 Å². The lowest BCUT2D eigenvalue weighted by atomic mass is 9.94. The Balaban J connectivity index is 1.67. The van der Waals surface area contributed by atoms with E-state index in [4.69, 9.17) is 25.8 Å². The maximum Gasteiger partial charge on any atom is 0.229 e. The SMILES string of the molecule is COc1cc(CN(CCCN2CCOCC2)C(=O)C(C)(C)CCl)ccc1OCc1ccccc1. The molecule has 1 aliphatic heterocycles. The van der Waals surface area contributed by atoms with Crippen molar-refractivity contribution in [1.29, 1.82) is 0 Å². The molecular weight excluding hydrogens is 452 g/mol. The number of hydrogen-bond acceptors (Lipinski definition) is 5. The highest BCUT2D eigenvalue weighted by molar-refractivity contribution is 6.19. The summed E-state index contributed by atoms with van der Waals surface area (Å²) in [5.41, 5.74) is 1.46. The molecule has 0 spiro atoms. The lowest BCUT2D eigenvalue weighted by molar-refractivity contribution is -0.140. The Morgan fingerprint density at radius 1 is 1.09 bits per heavy atom. The van der Waals surface area contributed by atoms with Crippen molar-refractivity contribution in [3.8, 4) is 11.5 Å². The van der Waals surface area contributed by atoms with Crippen LogP contribution in [0.25, 0.3) is 0 Å². The van der Waals surface area contributed by atoms with Gasteiger partial charge < -0.3 is 19.1 Å². The van der Waals surface area contributed by atoms with Crippen LogP contribution in [0.1, 0.15) is 31.4 Å². The molecule has 0 atom stereocenters. The van der Waals surface area contributed by atoms with Crippen LogP contribution in [-0.4, -0.2) is 68.1 Å². The molecule has 0 radical (unpaired) electrons. The summed E-state index contributed by atoms with van der Waals surface area (Å²) in [7, 11) is 1.64. The smallest absolute Gasteiger partial charge is 0.229 e. The minimum Gasteiger partial charge on any atom is -0.493 e. The molecule has 6 nitrogen and oxygen atoms in total. The molecule has 1 aliphatic rings. The maximum atomic E-state index is 13.3. The third kappa shape index (κ3) is 7.62. The minimum atomic E-state index is -0.622. The summed E-state index contributed by atoms with van der Waals surface area (Å²) < 4.78 is 17.0. The lowest BCUT2D eigenvalue weighted by Crippen LogP contribution is -2.43. The number of amides is 1. The van der Waals surface area contributed by atoms with E-state index in [-0.39, 0.29) is 11.8 Å². The topological polar surface area (TPSA) is 51.2 Å². The van der Waals surface area contributed by atoms with Gasteiger partial charge in [0.15, 0.2) is 11.5 Å². The summed E-state index contributed by atoms with van der Waals surface area (Å²) in [6.45, 7) is 9.84. The van der Waals surface area contributed by atoms with E-state index in [1.165, 1.54) is 0 Å². The average Bonchev–Trinajstić information content (AvgIpc) is 2.88. The summed E-state index contributed by atoms with van der Waals surface area (Å²) in [6, 6.07) is 15.9. The van der Waals surface area contributed by atoms with Crippen LogP contribution in [0.2, 0.25) is 0 Å². The third-order valence-corrected chi connectivity index (χ3v) is 6.71. The molecule has 1 saturated heterocycles. The van der Waals surface area contributed by atoms with Gasteiger partial charge in [0.05, 0.1) is 25.7 Å². The fourth-order valence-electron chi connectivity index (χ4n) is 3.93. The molecule has 0 unspecified atom stereocenters. The Hall–Kier alpha value is -2.28. The van der Waals surface area contributed by atoms with Crippen molar-refractivity contribution >= 4 is 17.5 Å². The second kappa shape index (κ2) is 13.0. The zero-order valence-electron chi connectivity index (χ0n) is 20.6. The predicted molar refractivity (Wildman–Crippen MR) is 136 cm³/mol. The van der Waals surface area contributed by atoms with E-state index in [1.54, 1.807) is 7.11 Å². The van der Waals surface area contributed by atoms with E-state index in [0.717, 1.165) is 50.4 Å². The van der Waals surface area contributed by atoms with Gasteiger partial charge in [-0.1, -0.05) is 36.4 Å². The molecule has 0 N–H and O–H groups in total. The molecule has 1 heterocycles. The van der Waals surface area contributed by atoms with Crippen LogP contribution in [-0.2, 0) is 22.7 Å². The quantitative estimate of drug-likeness (QED) is 0.409. The molecule has 0 aromatic heterocycles. The zero-order chi connectivity index (χ0) is 24.4. The van der Waals surface area contributed by atoms with Gasteiger partial charge in [0.1, 0.15) is 6.61 Å². The van der Waals surface area contributed by atoms with Crippen LogP contribution in [0.4, 0.5) is 0 Å². The van der Waals surface area contributed by atoms with E-state index in [2.05, 4.69) is 4.90 Å². The molecule has 34 heavy (non-hydrogen) atoms. The summed E-state index contributed by atoms with van der Waals surface area (Å²) >= 11 is 6.14. The number of rotatable bonds is 12. The van der Waals surface area contributed by atoms with Gasteiger partial charge in [0.25, 0.3) is 0 Å². The van der Waals surface area contributed by atoms with Crippen molar-refractivity contribution < 1.29 is 19.0 Å². The number of hydrogen-bond donors (Lipinski definition) is 0. The summed E-state index contributed by atoms with van der Waals surface area (Å²) in [5, 5.41) is 0. The number of ether oxygens (including phenoxy) is 3. The Bertz CT molecular complexity index is 901. The minimum absolute atomic E-state index is 0.0628. The number of carbonyl (C=O) groups is 1. The van der Waals surface area contributed by atoms with Crippen LogP contribution in [0.3, 0.4) is 0 Å². The highest BCUT2D eigenvalue weighted by Crippen LogP contribution is 2.30. The standard InChI is InChI=1S/C27H37ClN2O4/c1-27(2,21-28)26(31)30(13-7-12-29-14-16-33-17-15-29)19-23-10-11-24(25(18-23)32-3)34-20-22-8-5-4-6-9-22/h4-6,8-11,18H,7,12-17,19-21H2,1-3H3.